The zero-order valence-corrected chi connectivity index (χ0v) is 9.45. The van der Waals surface area contributed by atoms with Gasteiger partial charge in [-0.25, -0.2) is 0 Å². The Morgan fingerprint density at radius 3 is 2.23 bits per heavy atom. The first-order valence-corrected chi connectivity index (χ1v) is 5.71. The molecule has 0 aliphatic carbocycles. The van der Waals surface area contributed by atoms with Gasteiger partial charge in [0, 0.05) is 4.90 Å². The molecule has 0 fully saturated rings. The molecule has 0 unspecified atom stereocenters. The Morgan fingerprint density at radius 1 is 1.15 bits per heavy atom. The van der Waals surface area contributed by atoms with Crippen molar-refractivity contribution in [2.75, 3.05) is 5.75 Å². The molecule has 71 valence electrons. The summed E-state index contributed by atoms with van der Waals surface area (Å²) in [6, 6.07) is 8.88. The van der Waals surface area contributed by atoms with Crippen molar-refractivity contribution in [2.45, 2.75) is 32.1 Å². The van der Waals surface area contributed by atoms with Crippen LogP contribution in [0.5, 0.6) is 0 Å². The third-order valence-corrected chi connectivity index (χ3v) is 2.69. The van der Waals surface area contributed by atoms with Crippen LogP contribution in [-0.4, -0.2) is 5.75 Å². The van der Waals surface area contributed by atoms with E-state index in [1.807, 2.05) is 11.8 Å². The third kappa shape index (κ3) is 3.86. The minimum absolute atomic E-state index is 1.11. The maximum Gasteiger partial charge on any atom is 0.00720 e. The fourth-order valence-corrected chi connectivity index (χ4v) is 1.94. The Labute approximate surface area is 85.7 Å². The molecule has 0 aliphatic rings. The van der Waals surface area contributed by atoms with E-state index in [1.165, 1.54) is 16.4 Å². The molecule has 1 radical (unpaired) electrons. The van der Waals surface area contributed by atoms with Crippen LogP contribution in [0.15, 0.2) is 29.2 Å². The summed E-state index contributed by atoms with van der Waals surface area (Å²) in [7, 11) is 0. The lowest BCUT2D eigenvalue weighted by molar-refractivity contribution is 0.955. The predicted molar refractivity (Wildman–Crippen MR) is 61.1 cm³/mol. The molecule has 1 heteroatoms. The smallest absolute Gasteiger partial charge is 0.00720 e. The number of rotatable bonds is 4. The molecule has 1 rings (SSSR count). The maximum atomic E-state index is 2.23. The lowest BCUT2D eigenvalue weighted by atomic mass is 10.0. The second-order valence-electron chi connectivity index (χ2n) is 3.46. The van der Waals surface area contributed by atoms with Gasteiger partial charge in [0.25, 0.3) is 0 Å². The lowest BCUT2D eigenvalue weighted by Gasteiger charge is -2.05. The van der Waals surface area contributed by atoms with E-state index < -0.39 is 0 Å². The first-order valence-electron chi connectivity index (χ1n) is 4.73. The average molecular weight is 193 g/mol. The van der Waals surface area contributed by atoms with Gasteiger partial charge in [-0.3, -0.25) is 0 Å². The van der Waals surface area contributed by atoms with Crippen molar-refractivity contribution in [3.8, 4) is 0 Å². The number of thioether (sulfide) groups is 1. The molecule has 1 aromatic rings. The maximum absolute atomic E-state index is 2.23. The zero-order chi connectivity index (χ0) is 9.68. The van der Waals surface area contributed by atoms with Crippen LogP contribution in [0.4, 0.5) is 0 Å². The minimum Gasteiger partial charge on any atom is -0.126 e. The Kier molecular flexibility index (Phi) is 4.37. The first-order chi connectivity index (χ1) is 6.22. The number of hydrogen-bond acceptors (Lipinski definition) is 1. The van der Waals surface area contributed by atoms with E-state index in [-0.39, 0.29) is 0 Å². The summed E-state index contributed by atoms with van der Waals surface area (Å²) >= 11 is 1.90. The molecule has 0 heterocycles. The highest BCUT2D eigenvalue weighted by Gasteiger charge is 1.97. The van der Waals surface area contributed by atoms with Gasteiger partial charge in [-0.05, 0) is 35.8 Å². The normalized spacial score (nSPS) is 10.8. The SMILES string of the molecule is CCSc1ccc(C[C](C)C)cc1. The molecule has 0 spiro atoms. The average Bonchev–Trinajstić information content (AvgIpc) is 2.08. The first kappa shape index (κ1) is 10.6. The van der Waals surface area contributed by atoms with Crippen molar-refractivity contribution >= 4 is 11.8 Å². The van der Waals surface area contributed by atoms with E-state index in [0.717, 1.165) is 12.2 Å². The molecule has 0 aromatic heterocycles. The van der Waals surface area contributed by atoms with Gasteiger partial charge in [0.05, 0.1) is 0 Å². The Bertz CT molecular complexity index is 236. The fraction of sp³-hybridized carbons (Fsp3) is 0.417. The molecule has 0 saturated carbocycles. The molecule has 0 bridgehead atoms. The predicted octanol–water partition coefficient (Wildman–Crippen LogP) is 3.96. The highest BCUT2D eigenvalue weighted by molar-refractivity contribution is 7.99. The van der Waals surface area contributed by atoms with Gasteiger partial charge in [0.2, 0.25) is 0 Å². The van der Waals surface area contributed by atoms with Gasteiger partial charge < -0.3 is 0 Å². The Balaban J connectivity index is 2.59. The highest BCUT2D eigenvalue weighted by Crippen LogP contribution is 2.19. The van der Waals surface area contributed by atoms with E-state index in [1.54, 1.807) is 0 Å². The van der Waals surface area contributed by atoms with Crippen molar-refractivity contribution in [3.05, 3.63) is 35.7 Å². The second-order valence-corrected chi connectivity index (χ2v) is 4.80. The van der Waals surface area contributed by atoms with Crippen molar-refractivity contribution in [1.82, 2.24) is 0 Å². The molecule has 0 nitrogen and oxygen atoms in total. The summed E-state index contributed by atoms with van der Waals surface area (Å²) in [5, 5.41) is 0. The molecule has 0 N–H and O–H groups in total. The number of hydrogen-bond donors (Lipinski definition) is 0. The van der Waals surface area contributed by atoms with E-state index in [0.29, 0.717) is 0 Å². The fourth-order valence-electron chi connectivity index (χ4n) is 1.28. The van der Waals surface area contributed by atoms with E-state index in [4.69, 9.17) is 0 Å². The van der Waals surface area contributed by atoms with Gasteiger partial charge in [-0.1, -0.05) is 32.9 Å². The van der Waals surface area contributed by atoms with Crippen LogP contribution >= 0.6 is 11.8 Å². The van der Waals surface area contributed by atoms with Crippen LogP contribution in [0, 0.1) is 5.92 Å². The van der Waals surface area contributed by atoms with Crippen LogP contribution in [0.3, 0.4) is 0 Å². The molecule has 0 aliphatic heterocycles. The summed E-state index contributed by atoms with van der Waals surface area (Å²) in [4.78, 5) is 1.38. The van der Waals surface area contributed by atoms with Gasteiger partial charge >= 0.3 is 0 Å². The molecule has 0 amide bonds. The summed E-state index contributed by atoms with van der Waals surface area (Å²) in [5.74, 6) is 2.62. The van der Waals surface area contributed by atoms with Crippen molar-refractivity contribution in [2.24, 2.45) is 0 Å². The summed E-state index contributed by atoms with van der Waals surface area (Å²) in [5.41, 5.74) is 1.42. The van der Waals surface area contributed by atoms with Gasteiger partial charge in [0.15, 0.2) is 0 Å². The Morgan fingerprint density at radius 2 is 1.77 bits per heavy atom. The summed E-state index contributed by atoms with van der Waals surface area (Å²) < 4.78 is 0. The standard InChI is InChI=1S/C12H17S/c1-4-13-12-7-5-11(6-8-12)9-10(2)3/h5-8H,4,9H2,1-3H3. The molecular formula is C12H17S. The second kappa shape index (κ2) is 5.33. The summed E-state index contributed by atoms with van der Waals surface area (Å²) in [6.45, 7) is 6.53. The monoisotopic (exact) mass is 193 g/mol. The topological polar surface area (TPSA) is 0 Å². The Hall–Kier alpha value is -0.430. The minimum atomic E-state index is 1.11. The van der Waals surface area contributed by atoms with Crippen LogP contribution in [0.1, 0.15) is 26.3 Å². The number of benzene rings is 1. The highest BCUT2D eigenvalue weighted by atomic mass is 32.2. The molecule has 0 saturated heterocycles. The van der Waals surface area contributed by atoms with E-state index in [2.05, 4.69) is 45.0 Å². The zero-order valence-electron chi connectivity index (χ0n) is 8.63. The van der Waals surface area contributed by atoms with E-state index in [9.17, 15) is 0 Å². The third-order valence-electron chi connectivity index (χ3n) is 1.79. The molecule has 13 heavy (non-hydrogen) atoms. The molecular weight excluding hydrogens is 176 g/mol. The van der Waals surface area contributed by atoms with Crippen molar-refractivity contribution < 1.29 is 0 Å². The molecule has 0 atom stereocenters. The molecule has 1 aromatic carbocycles. The van der Waals surface area contributed by atoms with Gasteiger partial charge in [0.1, 0.15) is 0 Å². The van der Waals surface area contributed by atoms with Gasteiger partial charge in [-0.2, -0.15) is 0 Å². The largest absolute Gasteiger partial charge is 0.126 e. The van der Waals surface area contributed by atoms with Crippen LogP contribution in [-0.2, 0) is 6.42 Å². The van der Waals surface area contributed by atoms with Gasteiger partial charge in [-0.15, -0.1) is 11.8 Å². The van der Waals surface area contributed by atoms with Crippen LogP contribution in [0.2, 0.25) is 0 Å². The van der Waals surface area contributed by atoms with Crippen molar-refractivity contribution in [3.63, 3.8) is 0 Å². The lowest BCUT2D eigenvalue weighted by Crippen LogP contribution is -1.90. The quantitative estimate of drug-likeness (QED) is 0.652. The van der Waals surface area contributed by atoms with Crippen LogP contribution < -0.4 is 0 Å². The van der Waals surface area contributed by atoms with E-state index >= 15 is 0 Å². The van der Waals surface area contributed by atoms with Crippen molar-refractivity contribution in [1.29, 1.82) is 0 Å². The summed E-state index contributed by atoms with van der Waals surface area (Å²) in [6.07, 6.45) is 1.11. The van der Waals surface area contributed by atoms with Crippen LogP contribution in [0.25, 0.3) is 0 Å².